The molecule has 2 aromatic carbocycles. The molecule has 2 aromatic rings. The Bertz CT molecular complexity index is 566. The predicted molar refractivity (Wildman–Crippen MR) is 88.3 cm³/mol. The maximum Gasteiger partial charge on any atom is 0.179 e. The van der Waals surface area contributed by atoms with E-state index in [0.29, 0.717) is 5.75 Å². The molecule has 0 amide bonds. The maximum absolute atomic E-state index is 11.3. The van der Waals surface area contributed by atoms with Crippen molar-refractivity contribution in [3.63, 3.8) is 0 Å². The van der Waals surface area contributed by atoms with Gasteiger partial charge in [-0.3, -0.25) is 4.79 Å². The molecule has 3 nitrogen and oxygen atoms in total. The molecule has 0 heterocycles. The van der Waals surface area contributed by atoms with Gasteiger partial charge < -0.3 is 10.1 Å². The van der Waals surface area contributed by atoms with E-state index in [0.717, 1.165) is 23.3 Å². The van der Waals surface area contributed by atoms with Crippen molar-refractivity contribution in [3.8, 4) is 5.75 Å². The second-order valence-corrected chi connectivity index (χ2v) is 5.79. The van der Waals surface area contributed by atoms with Crippen molar-refractivity contribution in [2.45, 2.75) is 17.9 Å². The van der Waals surface area contributed by atoms with E-state index in [-0.39, 0.29) is 0 Å². The Labute approximate surface area is 129 Å². The molecule has 0 aliphatic rings. The molecule has 0 spiro atoms. The number of carbonyl (C=O) groups excluding carboxylic acids is 1. The van der Waals surface area contributed by atoms with E-state index >= 15 is 0 Å². The van der Waals surface area contributed by atoms with Crippen molar-refractivity contribution in [2.75, 3.05) is 18.1 Å². The summed E-state index contributed by atoms with van der Waals surface area (Å²) in [7, 11) is 1.86. The van der Waals surface area contributed by atoms with Crippen LogP contribution in [0.15, 0.2) is 53.4 Å². The highest BCUT2D eigenvalue weighted by Gasteiger charge is 2.12. The Hall–Kier alpha value is -1.94. The first-order chi connectivity index (χ1) is 10.3. The van der Waals surface area contributed by atoms with Crippen LogP contribution in [0.5, 0.6) is 5.75 Å². The molecule has 2 rings (SSSR count). The van der Waals surface area contributed by atoms with Gasteiger partial charge in [0.25, 0.3) is 0 Å². The number of carbonyl (C=O) groups is 1. The van der Waals surface area contributed by atoms with Crippen LogP contribution in [-0.2, 0) is 4.79 Å². The maximum atomic E-state index is 11.3. The third kappa shape index (κ3) is 4.26. The van der Waals surface area contributed by atoms with Crippen molar-refractivity contribution >= 4 is 23.7 Å². The highest BCUT2D eigenvalue weighted by molar-refractivity contribution is 7.99. The second kappa shape index (κ2) is 7.74. The number of anilines is 1. The standard InChI is InChI=1S/C17H19NO2S/c1-3-21-16-10-4-13(5-11-16)17(12-19)20-15-8-6-14(18-2)7-9-15/h4-12,17-18H,3H2,1-2H3. The number of benzene rings is 2. The van der Waals surface area contributed by atoms with Gasteiger partial charge >= 0.3 is 0 Å². The molecule has 0 bridgehead atoms. The molecular weight excluding hydrogens is 282 g/mol. The van der Waals surface area contributed by atoms with E-state index in [2.05, 4.69) is 12.2 Å². The van der Waals surface area contributed by atoms with Crippen molar-refractivity contribution < 1.29 is 9.53 Å². The van der Waals surface area contributed by atoms with Crippen LogP contribution in [0, 0.1) is 0 Å². The number of hydrogen-bond acceptors (Lipinski definition) is 4. The zero-order chi connectivity index (χ0) is 15.1. The van der Waals surface area contributed by atoms with E-state index in [4.69, 9.17) is 4.74 Å². The van der Waals surface area contributed by atoms with Gasteiger partial charge in [-0.15, -0.1) is 11.8 Å². The highest BCUT2D eigenvalue weighted by Crippen LogP contribution is 2.24. The third-order valence-electron chi connectivity index (χ3n) is 3.05. The second-order valence-electron chi connectivity index (χ2n) is 4.45. The summed E-state index contributed by atoms with van der Waals surface area (Å²) in [5.41, 5.74) is 1.87. The minimum atomic E-state index is -0.578. The smallest absolute Gasteiger partial charge is 0.179 e. The molecule has 0 radical (unpaired) electrons. The molecule has 1 unspecified atom stereocenters. The molecule has 0 aliphatic carbocycles. The Kier molecular flexibility index (Phi) is 5.69. The third-order valence-corrected chi connectivity index (χ3v) is 3.94. The number of hydrogen-bond donors (Lipinski definition) is 1. The Morgan fingerprint density at radius 3 is 2.33 bits per heavy atom. The highest BCUT2D eigenvalue weighted by atomic mass is 32.2. The van der Waals surface area contributed by atoms with Gasteiger partial charge in [0.1, 0.15) is 5.75 Å². The van der Waals surface area contributed by atoms with Gasteiger partial charge in [0, 0.05) is 17.6 Å². The first-order valence-electron chi connectivity index (χ1n) is 6.89. The quantitative estimate of drug-likeness (QED) is 0.615. The minimum absolute atomic E-state index is 0.578. The summed E-state index contributed by atoms with van der Waals surface area (Å²) >= 11 is 1.78. The fourth-order valence-corrected chi connectivity index (χ4v) is 2.60. The van der Waals surface area contributed by atoms with Crippen LogP contribution in [0.25, 0.3) is 0 Å². The van der Waals surface area contributed by atoms with Gasteiger partial charge in [0.05, 0.1) is 0 Å². The van der Waals surface area contributed by atoms with Crippen LogP contribution < -0.4 is 10.1 Å². The molecule has 1 atom stereocenters. The van der Waals surface area contributed by atoms with Gasteiger partial charge in [0.2, 0.25) is 0 Å². The van der Waals surface area contributed by atoms with Gasteiger partial charge in [-0.25, -0.2) is 0 Å². The van der Waals surface area contributed by atoms with E-state index in [1.165, 1.54) is 4.90 Å². The molecule has 110 valence electrons. The first kappa shape index (κ1) is 15.4. The number of rotatable bonds is 7. The van der Waals surface area contributed by atoms with Gasteiger partial charge in [-0.05, 0) is 47.7 Å². The van der Waals surface area contributed by atoms with Crippen LogP contribution in [-0.4, -0.2) is 19.1 Å². The van der Waals surface area contributed by atoms with Crippen LogP contribution in [0.1, 0.15) is 18.6 Å². The lowest BCUT2D eigenvalue weighted by Gasteiger charge is -2.14. The van der Waals surface area contributed by atoms with Crippen molar-refractivity contribution in [2.24, 2.45) is 0 Å². The first-order valence-corrected chi connectivity index (χ1v) is 7.88. The molecule has 4 heteroatoms. The Balaban J connectivity index is 2.09. The molecule has 21 heavy (non-hydrogen) atoms. The number of thioether (sulfide) groups is 1. The molecule has 0 saturated carbocycles. The van der Waals surface area contributed by atoms with Crippen molar-refractivity contribution in [3.05, 3.63) is 54.1 Å². The number of aldehydes is 1. The van der Waals surface area contributed by atoms with Crippen molar-refractivity contribution in [1.29, 1.82) is 0 Å². The molecule has 1 N–H and O–H groups in total. The summed E-state index contributed by atoms with van der Waals surface area (Å²) in [6, 6.07) is 15.5. The lowest BCUT2D eigenvalue weighted by atomic mass is 10.1. The van der Waals surface area contributed by atoms with Gasteiger partial charge in [-0.2, -0.15) is 0 Å². The van der Waals surface area contributed by atoms with Crippen LogP contribution in [0.4, 0.5) is 5.69 Å². The summed E-state index contributed by atoms with van der Waals surface area (Å²) < 4.78 is 5.75. The monoisotopic (exact) mass is 301 g/mol. The average molecular weight is 301 g/mol. The van der Waals surface area contributed by atoms with E-state index < -0.39 is 6.10 Å². The minimum Gasteiger partial charge on any atom is -0.478 e. The topological polar surface area (TPSA) is 38.3 Å². The zero-order valence-electron chi connectivity index (χ0n) is 12.2. The van der Waals surface area contributed by atoms with Crippen molar-refractivity contribution in [1.82, 2.24) is 0 Å². The summed E-state index contributed by atoms with van der Waals surface area (Å²) in [4.78, 5) is 12.5. The van der Waals surface area contributed by atoms with E-state index in [1.54, 1.807) is 11.8 Å². The largest absolute Gasteiger partial charge is 0.478 e. The molecule has 0 aliphatic heterocycles. The lowest BCUT2D eigenvalue weighted by molar-refractivity contribution is -0.113. The van der Waals surface area contributed by atoms with E-state index in [9.17, 15) is 4.79 Å². The SMILES string of the molecule is CCSc1ccc(C(C=O)Oc2ccc(NC)cc2)cc1. The fraction of sp³-hybridized carbons (Fsp3) is 0.235. The summed E-state index contributed by atoms with van der Waals surface area (Å²) in [5.74, 6) is 1.71. The summed E-state index contributed by atoms with van der Waals surface area (Å²) in [5, 5.41) is 3.04. The number of ether oxygens (including phenoxy) is 1. The number of nitrogens with one attached hydrogen (secondary N) is 1. The fourth-order valence-electron chi connectivity index (χ4n) is 1.94. The molecular formula is C17H19NO2S. The molecule has 0 fully saturated rings. The Morgan fingerprint density at radius 1 is 1.14 bits per heavy atom. The normalized spacial score (nSPS) is 11.7. The van der Waals surface area contributed by atoms with Crippen LogP contribution in [0.3, 0.4) is 0 Å². The molecule has 0 aromatic heterocycles. The summed E-state index contributed by atoms with van der Waals surface area (Å²) in [6.45, 7) is 2.12. The van der Waals surface area contributed by atoms with Crippen LogP contribution in [0.2, 0.25) is 0 Å². The predicted octanol–water partition coefficient (Wildman–Crippen LogP) is 4.16. The average Bonchev–Trinajstić information content (AvgIpc) is 2.54. The molecule has 0 saturated heterocycles. The van der Waals surface area contributed by atoms with Gasteiger partial charge in [0.15, 0.2) is 12.4 Å². The van der Waals surface area contributed by atoms with E-state index in [1.807, 2.05) is 55.6 Å². The Morgan fingerprint density at radius 2 is 1.81 bits per heavy atom. The van der Waals surface area contributed by atoms with Crippen LogP contribution >= 0.6 is 11.8 Å². The summed E-state index contributed by atoms with van der Waals surface area (Å²) in [6.07, 6.45) is 0.250. The zero-order valence-corrected chi connectivity index (χ0v) is 13.0. The van der Waals surface area contributed by atoms with Gasteiger partial charge in [-0.1, -0.05) is 19.1 Å². The lowest BCUT2D eigenvalue weighted by Crippen LogP contribution is -2.08.